The molecule has 0 aromatic rings. The Kier molecular flexibility index (Phi) is 8.51. The number of aliphatic hydroxyl groups is 1. The fraction of sp³-hybridized carbons (Fsp3) is 0.964. The van der Waals surface area contributed by atoms with E-state index < -0.39 is 10.0 Å². The van der Waals surface area contributed by atoms with E-state index in [2.05, 4.69) is 30.8 Å². The van der Waals surface area contributed by atoms with Gasteiger partial charge in [-0.1, -0.05) is 20.8 Å². The Balaban J connectivity index is 1.59. The van der Waals surface area contributed by atoms with Crippen molar-refractivity contribution in [2.75, 3.05) is 26.5 Å². The Morgan fingerprint density at radius 2 is 1.78 bits per heavy atom. The van der Waals surface area contributed by atoms with E-state index in [1.807, 2.05) is 0 Å². The van der Waals surface area contributed by atoms with Crippen LogP contribution in [0.3, 0.4) is 0 Å². The Bertz CT molecular complexity index is 896. The summed E-state index contributed by atoms with van der Waals surface area (Å²) in [4.78, 5) is 11.8. The molecule has 4 aliphatic rings. The van der Waals surface area contributed by atoms with Crippen LogP contribution in [0, 0.1) is 46.3 Å². The molecule has 0 bridgehead atoms. The third-order valence-corrected chi connectivity index (χ3v) is 12.1. The summed E-state index contributed by atoms with van der Waals surface area (Å²) in [5.41, 5.74) is 0.435. The van der Waals surface area contributed by atoms with E-state index in [0.717, 1.165) is 32.1 Å². The molecule has 8 heteroatoms. The number of hydrogen-bond donors (Lipinski definition) is 3. The second-order valence-corrected chi connectivity index (χ2v) is 15.0. The van der Waals surface area contributed by atoms with Crippen molar-refractivity contribution in [1.82, 2.24) is 10.0 Å². The molecule has 0 aliphatic heterocycles. The number of carbonyl (C=O) groups is 1. The van der Waals surface area contributed by atoms with Crippen molar-refractivity contribution < 1.29 is 23.1 Å². The highest BCUT2D eigenvalue weighted by atomic mass is 32.2. The van der Waals surface area contributed by atoms with Crippen LogP contribution in [-0.2, 0) is 19.6 Å². The standard InChI is InChI=1S/C28H50N2O5S/c1-18(6-9-25(32)35-4)21-7-8-22-26-23(11-13-28(21,22)3)27(2)12-10-20(29-14-15-31)16-19(27)17-24(26)30-36(5,33)34/h18-24,26,29-31H,6-17H2,1-5H3/t18?,19-,20+,21+,22?,23?,24+,26?,27-,28+/m0/s1. The fourth-order valence-electron chi connectivity index (χ4n) is 9.74. The number of ether oxygens (including phenoxy) is 1. The monoisotopic (exact) mass is 526 g/mol. The molecule has 0 saturated heterocycles. The maximum absolute atomic E-state index is 12.5. The van der Waals surface area contributed by atoms with Gasteiger partial charge in [0, 0.05) is 25.0 Å². The van der Waals surface area contributed by atoms with Crippen LogP contribution in [0.5, 0.6) is 0 Å². The molecule has 0 spiro atoms. The number of esters is 1. The Hall–Kier alpha value is -0.700. The van der Waals surface area contributed by atoms with Gasteiger partial charge in [0.25, 0.3) is 0 Å². The number of carbonyl (C=O) groups excluding carboxylic acids is 1. The molecular weight excluding hydrogens is 476 g/mol. The summed E-state index contributed by atoms with van der Waals surface area (Å²) in [5, 5.41) is 12.8. The van der Waals surface area contributed by atoms with Gasteiger partial charge in [-0.2, -0.15) is 0 Å². The molecule has 4 unspecified atom stereocenters. The van der Waals surface area contributed by atoms with Crippen LogP contribution in [-0.4, -0.2) is 58.1 Å². The van der Waals surface area contributed by atoms with Crippen molar-refractivity contribution in [3.8, 4) is 0 Å². The van der Waals surface area contributed by atoms with E-state index in [9.17, 15) is 18.3 Å². The summed E-state index contributed by atoms with van der Waals surface area (Å²) in [5.74, 6) is 2.81. The lowest BCUT2D eigenvalue weighted by Crippen LogP contribution is -2.62. The molecule has 36 heavy (non-hydrogen) atoms. The van der Waals surface area contributed by atoms with Crippen LogP contribution in [0.4, 0.5) is 0 Å². The minimum absolute atomic E-state index is 0.00610. The van der Waals surface area contributed by atoms with Gasteiger partial charge in [0.2, 0.25) is 10.0 Å². The van der Waals surface area contributed by atoms with Gasteiger partial charge >= 0.3 is 5.97 Å². The number of aliphatic hydroxyl groups excluding tert-OH is 1. The van der Waals surface area contributed by atoms with Crippen LogP contribution in [0.15, 0.2) is 0 Å². The van der Waals surface area contributed by atoms with Gasteiger partial charge in [-0.25, -0.2) is 13.1 Å². The van der Waals surface area contributed by atoms with Crippen molar-refractivity contribution in [3.63, 3.8) is 0 Å². The third-order valence-electron chi connectivity index (χ3n) is 11.4. The van der Waals surface area contributed by atoms with Crippen LogP contribution >= 0.6 is 0 Å². The number of nitrogens with one attached hydrogen (secondary N) is 2. The van der Waals surface area contributed by atoms with Crippen LogP contribution in [0.1, 0.15) is 85.0 Å². The quantitative estimate of drug-likeness (QED) is 0.396. The SMILES string of the molecule is COC(=O)CCC(C)[C@H]1CCC2C3C(CC[C@@]21C)[C@@]1(C)CC[C@@H](NCCO)C[C@H]1C[C@H]3NS(C)(=O)=O. The van der Waals surface area contributed by atoms with Crippen molar-refractivity contribution in [3.05, 3.63) is 0 Å². The van der Waals surface area contributed by atoms with E-state index in [-0.39, 0.29) is 29.4 Å². The van der Waals surface area contributed by atoms with Crippen molar-refractivity contribution in [2.24, 2.45) is 46.3 Å². The van der Waals surface area contributed by atoms with Gasteiger partial charge < -0.3 is 15.2 Å². The molecule has 0 aromatic carbocycles. The van der Waals surface area contributed by atoms with Gasteiger partial charge in [0.05, 0.1) is 20.0 Å². The molecular formula is C28H50N2O5S. The lowest BCUT2D eigenvalue weighted by Gasteiger charge is -2.63. The largest absolute Gasteiger partial charge is 0.469 e. The second-order valence-electron chi connectivity index (χ2n) is 13.2. The van der Waals surface area contributed by atoms with Gasteiger partial charge in [-0.3, -0.25) is 4.79 Å². The highest BCUT2D eigenvalue weighted by Gasteiger charge is 2.63. The zero-order valence-corrected chi connectivity index (χ0v) is 23.9. The summed E-state index contributed by atoms with van der Waals surface area (Å²) >= 11 is 0. The lowest BCUT2D eigenvalue weighted by atomic mass is 9.43. The minimum Gasteiger partial charge on any atom is -0.469 e. The van der Waals surface area contributed by atoms with Crippen molar-refractivity contribution in [1.29, 1.82) is 0 Å². The summed E-state index contributed by atoms with van der Waals surface area (Å²) in [7, 11) is -1.85. The van der Waals surface area contributed by atoms with Crippen LogP contribution < -0.4 is 10.0 Å². The molecule has 3 N–H and O–H groups in total. The van der Waals surface area contributed by atoms with E-state index >= 15 is 0 Å². The van der Waals surface area contributed by atoms with Crippen LogP contribution in [0.25, 0.3) is 0 Å². The molecule has 7 nitrogen and oxygen atoms in total. The first-order valence-corrected chi connectivity index (χ1v) is 16.2. The molecule has 4 saturated carbocycles. The van der Waals surface area contributed by atoms with Gasteiger partial charge in [-0.15, -0.1) is 0 Å². The van der Waals surface area contributed by atoms with Crippen molar-refractivity contribution in [2.45, 2.75) is 97.1 Å². The third kappa shape index (κ3) is 5.39. The molecule has 0 heterocycles. The first kappa shape index (κ1) is 28.3. The highest BCUT2D eigenvalue weighted by Crippen LogP contribution is 2.68. The smallest absolute Gasteiger partial charge is 0.305 e. The average Bonchev–Trinajstić information content (AvgIpc) is 3.17. The number of methoxy groups -OCH3 is 1. The van der Waals surface area contributed by atoms with E-state index in [0.29, 0.717) is 54.5 Å². The lowest BCUT2D eigenvalue weighted by molar-refractivity contribution is -0.141. The predicted octanol–water partition coefficient (Wildman–Crippen LogP) is 3.71. The topological polar surface area (TPSA) is 105 Å². The van der Waals surface area contributed by atoms with Gasteiger partial charge in [0.1, 0.15) is 0 Å². The van der Waals surface area contributed by atoms with E-state index in [1.165, 1.54) is 39.0 Å². The molecule has 10 atom stereocenters. The molecule has 208 valence electrons. The number of rotatable bonds is 9. The van der Waals surface area contributed by atoms with Gasteiger partial charge in [0.15, 0.2) is 0 Å². The first-order chi connectivity index (χ1) is 16.9. The van der Waals surface area contributed by atoms with E-state index in [1.54, 1.807) is 0 Å². The number of fused-ring (bicyclic) bond motifs is 5. The molecule has 4 fully saturated rings. The number of hydrogen-bond acceptors (Lipinski definition) is 6. The maximum Gasteiger partial charge on any atom is 0.305 e. The average molecular weight is 527 g/mol. The molecule has 0 amide bonds. The summed E-state index contributed by atoms with van der Waals surface area (Å²) in [6, 6.07) is 0.402. The van der Waals surface area contributed by atoms with Gasteiger partial charge in [-0.05, 0) is 104 Å². The maximum atomic E-state index is 12.5. The number of sulfonamides is 1. The minimum atomic E-state index is -3.31. The Labute approximate surface area is 218 Å². The highest BCUT2D eigenvalue weighted by molar-refractivity contribution is 7.88. The zero-order valence-electron chi connectivity index (χ0n) is 23.1. The summed E-state index contributed by atoms with van der Waals surface area (Å²) in [6.07, 6.45) is 11.6. The first-order valence-electron chi connectivity index (χ1n) is 14.3. The van der Waals surface area contributed by atoms with E-state index in [4.69, 9.17) is 4.74 Å². The zero-order chi connectivity index (χ0) is 26.3. The Morgan fingerprint density at radius 1 is 1.08 bits per heavy atom. The van der Waals surface area contributed by atoms with Crippen LogP contribution in [0.2, 0.25) is 0 Å². The Morgan fingerprint density at radius 3 is 2.44 bits per heavy atom. The molecule has 0 aromatic heterocycles. The molecule has 4 aliphatic carbocycles. The molecule has 0 radical (unpaired) electrons. The molecule has 4 rings (SSSR count). The summed E-state index contributed by atoms with van der Waals surface area (Å²) < 4.78 is 33.1. The van der Waals surface area contributed by atoms with Crippen molar-refractivity contribution >= 4 is 16.0 Å². The normalized spacial score (nSPS) is 43.2. The second kappa shape index (κ2) is 10.8. The fourth-order valence-corrected chi connectivity index (χ4v) is 10.5. The predicted molar refractivity (Wildman–Crippen MR) is 142 cm³/mol. The summed E-state index contributed by atoms with van der Waals surface area (Å²) in [6.45, 7) is 8.06.